The maximum Gasteiger partial charge on any atom is 0.282 e. The number of amides is 2. The minimum absolute atomic E-state index is 0.0114. The second kappa shape index (κ2) is 9.11. The first-order valence-corrected chi connectivity index (χ1v) is 10.0. The van der Waals surface area contributed by atoms with Crippen molar-refractivity contribution in [3.8, 4) is 11.5 Å². The molecule has 1 heterocycles. The standard InChI is InChI=1S/C24H18ClFN2O4/c1-31-22-13-15(10-11-21(22)32-14-18-19(25)8-5-9-20(18)26)12-17-23(29)27-28(24(17)30)16-6-3-2-4-7-16/h2-13H,14H2,1H3,(H,27,29)/b17-12-. The number of para-hydroxylation sites is 1. The number of carbonyl (C=O) groups is 2. The highest BCUT2D eigenvalue weighted by Crippen LogP contribution is 2.31. The summed E-state index contributed by atoms with van der Waals surface area (Å²) in [7, 11) is 1.46. The second-order valence-corrected chi connectivity index (χ2v) is 7.28. The summed E-state index contributed by atoms with van der Waals surface area (Å²) < 4.78 is 25.0. The molecule has 4 rings (SSSR count). The molecule has 0 radical (unpaired) electrons. The van der Waals surface area contributed by atoms with Gasteiger partial charge in [-0.05, 0) is 48.0 Å². The number of halogens is 2. The van der Waals surface area contributed by atoms with Crippen molar-refractivity contribution >= 4 is 35.2 Å². The van der Waals surface area contributed by atoms with E-state index in [1.54, 1.807) is 48.5 Å². The molecule has 162 valence electrons. The summed E-state index contributed by atoms with van der Waals surface area (Å²) in [4.78, 5) is 25.1. The van der Waals surface area contributed by atoms with Crippen LogP contribution in [0.25, 0.3) is 6.08 Å². The Labute approximate surface area is 188 Å². The van der Waals surface area contributed by atoms with Gasteiger partial charge in [0.05, 0.1) is 17.8 Å². The molecule has 1 saturated heterocycles. The average molecular weight is 453 g/mol. The van der Waals surface area contributed by atoms with Crippen LogP contribution in [0.1, 0.15) is 11.1 Å². The first-order chi connectivity index (χ1) is 15.5. The van der Waals surface area contributed by atoms with E-state index in [-0.39, 0.29) is 22.8 Å². The van der Waals surface area contributed by atoms with Gasteiger partial charge in [0, 0.05) is 5.56 Å². The zero-order chi connectivity index (χ0) is 22.7. The van der Waals surface area contributed by atoms with E-state index in [1.807, 2.05) is 6.07 Å². The predicted octanol–water partition coefficient (Wildman–Crippen LogP) is 4.53. The molecule has 6 nitrogen and oxygen atoms in total. The number of nitrogens with zero attached hydrogens (tertiary/aromatic N) is 1. The van der Waals surface area contributed by atoms with Crippen molar-refractivity contribution in [2.75, 3.05) is 12.1 Å². The molecule has 32 heavy (non-hydrogen) atoms. The van der Waals surface area contributed by atoms with Gasteiger partial charge < -0.3 is 9.47 Å². The van der Waals surface area contributed by atoms with Gasteiger partial charge in [0.15, 0.2) is 11.5 Å². The summed E-state index contributed by atoms with van der Waals surface area (Å²) in [6.45, 7) is -0.0881. The third-order valence-corrected chi connectivity index (χ3v) is 5.19. The maximum atomic E-state index is 14.0. The van der Waals surface area contributed by atoms with Gasteiger partial charge in [0.2, 0.25) is 0 Å². The molecule has 2 amide bonds. The van der Waals surface area contributed by atoms with E-state index in [9.17, 15) is 14.0 Å². The molecule has 1 aliphatic rings. The largest absolute Gasteiger partial charge is 0.493 e. The zero-order valence-corrected chi connectivity index (χ0v) is 17.7. The van der Waals surface area contributed by atoms with Gasteiger partial charge in [0.25, 0.3) is 11.8 Å². The van der Waals surface area contributed by atoms with Crippen LogP contribution < -0.4 is 19.9 Å². The van der Waals surface area contributed by atoms with Crippen molar-refractivity contribution in [1.29, 1.82) is 0 Å². The van der Waals surface area contributed by atoms with Gasteiger partial charge in [-0.3, -0.25) is 15.0 Å². The summed E-state index contributed by atoms with van der Waals surface area (Å²) in [5.74, 6) is -0.715. The van der Waals surface area contributed by atoms with Gasteiger partial charge in [-0.25, -0.2) is 9.40 Å². The molecule has 1 aliphatic heterocycles. The second-order valence-electron chi connectivity index (χ2n) is 6.87. The lowest BCUT2D eigenvalue weighted by atomic mass is 10.1. The number of carbonyl (C=O) groups excluding carboxylic acids is 2. The first-order valence-electron chi connectivity index (χ1n) is 9.64. The van der Waals surface area contributed by atoms with Crippen molar-refractivity contribution in [3.05, 3.63) is 94.3 Å². The Morgan fingerprint density at radius 2 is 1.81 bits per heavy atom. The summed E-state index contributed by atoms with van der Waals surface area (Å²) >= 11 is 6.04. The minimum Gasteiger partial charge on any atom is -0.493 e. The molecule has 0 spiro atoms. The fraction of sp³-hybridized carbons (Fsp3) is 0.0833. The Bertz CT molecular complexity index is 1190. The van der Waals surface area contributed by atoms with Crippen LogP contribution in [0.2, 0.25) is 5.02 Å². The van der Waals surface area contributed by atoms with Gasteiger partial charge in [0.1, 0.15) is 18.0 Å². The smallest absolute Gasteiger partial charge is 0.282 e. The molecule has 0 atom stereocenters. The highest BCUT2D eigenvalue weighted by Gasteiger charge is 2.34. The van der Waals surface area contributed by atoms with Gasteiger partial charge in [-0.1, -0.05) is 41.9 Å². The summed E-state index contributed by atoms with van der Waals surface area (Å²) in [5, 5.41) is 1.46. The molecule has 8 heteroatoms. The average Bonchev–Trinajstić information content (AvgIpc) is 3.08. The van der Waals surface area contributed by atoms with Crippen LogP contribution in [0.15, 0.2) is 72.3 Å². The number of nitrogens with one attached hydrogen (secondary N) is 1. The van der Waals surface area contributed by atoms with Crippen LogP contribution in [0.3, 0.4) is 0 Å². The van der Waals surface area contributed by atoms with Crippen molar-refractivity contribution in [3.63, 3.8) is 0 Å². The van der Waals surface area contributed by atoms with Crippen LogP contribution in [0.4, 0.5) is 10.1 Å². The van der Waals surface area contributed by atoms with E-state index < -0.39 is 17.6 Å². The van der Waals surface area contributed by atoms with Crippen LogP contribution in [0.5, 0.6) is 11.5 Å². The number of rotatable bonds is 6. The molecule has 3 aromatic carbocycles. The Kier molecular flexibility index (Phi) is 6.09. The third-order valence-electron chi connectivity index (χ3n) is 4.84. The molecular formula is C24H18ClFN2O4. The Balaban J connectivity index is 1.55. The molecular weight excluding hydrogens is 435 g/mol. The highest BCUT2D eigenvalue weighted by molar-refractivity contribution is 6.32. The first kappa shape index (κ1) is 21.4. The number of hydrogen-bond donors (Lipinski definition) is 1. The molecule has 0 saturated carbocycles. The minimum atomic E-state index is -0.507. The number of hydrazine groups is 1. The molecule has 0 aromatic heterocycles. The third kappa shape index (κ3) is 4.29. The monoisotopic (exact) mass is 452 g/mol. The number of benzene rings is 3. The normalized spacial score (nSPS) is 14.6. The number of hydrogen-bond acceptors (Lipinski definition) is 4. The van der Waals surface area contributed by atoms with Gasteiger partial charge >= 0.3 is 0 Å². The lowest BCUT2D eigenvalue weighted by Crippen LogP contribution is -2.35. The Morgan fingerprint density at radius 1 is 1.03 bits per heavy atom. The van der Waals surface area contributed by atoms with Crippen molar-refractivity contribution in [2.45, 2.75) is 6.61 Å². The molecule has 1 fully saturated rings. The lowest BCUT2D eigenvalue weighted by molar-refractivity contribution is -0.117. The van der Waals surface area contributed by atoms with E-state index in [1.165, 1.54) is 30.3 Å². The van der Waals surface area contributed by atoms with Crippen molar-refractivity contribution < 1.29 is 23.5 Å². The van der Waals surface area contributed by atoms with E-state index in [2.05, 4.69) is 5.43 Å². The quantitative estimate of drug-likeness (QED) is 0.441. The van der Waals surface area contributed by atoms with E-state index in [4.69, 9.17) is 21.1 Å². The number of ether oxygens (including phenoxy) is 2. The van der Waals surface area contributed by atoms with Crippen molar-refractivity contribution in [2.24, 2.45) is 0 Å². The van der Waals surface area contributed by atoms with Crippen LogP contribution in [0, 0.1) is 5.82 Å². The van der Waals surface area contributed by atoms with Crippen molar-refractivity contribution in [1.82, 2.24) is 5.43 Å². The van der Waals surface area contributed by atoms with E-state index in [0.717, 1.165) is 0 Å². The highest BCUT2D eigenvalue weighted by atomic mass is 35.5. The molecule has 0 bridgehead atoms. The van der Waals surface area contributed by atoms with Gasteiger partial charge in [-0.15, -0.1) is 0 Å². The summed E-state index contributed by atoms with van der Waals surface area (Å²) in [6, 6.07) is 18.1. The fourth-order valence-corrected chi connectivity index (χ4v) is 3.41. The predicted molar refractivity (Wildman–Crippen MR) is 119 cm³/mol. The molecule has 0 aliphatic carbocycles. The van der Waals surface area contributed by atoms with E-state index >= 15 is 0 Å². The maximum absolute atomic E-state index is 14.0. The lowest BCUT2D eigenvalue weighted by Gasteiger charge is -2.14. The summed E-state index contributed by atoms with van der Waals surface area (Å²) in [6.07, 6.45) is 1.47. The van der Waals surface area contributed by atoms with Gasteiger partial charge in [-0.2, -0.15) is 0 Å². The topological polar surface area (TPSA) is 67.9 Å². The van der Waals surface area contributed by atoms with E-state index in [0.29, 0.717) is 22.7 Å². The fourth-order valence-electron chi connectivity index (χ4n) is 3.20. The summed E-state index contributed by atoms with van der Waals surface area (Å²) in [5.41, 5.74) is 3.89. The zero-order valence-electron chi connectivity index (χ0n) is 17.0. The van der Waals surface area contributed by atoms with Crippen LogP contribution in [-0.2, 0) is 16.2 Å². The Hall–Kier alpha value is -3.84. The molecule has 1 N–H and O–H groups in total. The van der Waals surface area contributed by atoms with Crippen LogP contribution >= 0.6 is 11.6 Å². The SMILES string of the molecule is COc1cc(/C=C2/C(=O)NN(c3ccccc3)C2=O)ccc1OCc1c(F)cccc1Cl. The Morgan fingerprint density at radius 3 is 2.53 bits per heavy atom. The molecule has 0 unspecified atom stereocenters. The molecule has 3 aromatic rings. The number of anilines is 1. The number of methoxy groups -OCH3 is 1. The van der Waals surface area contributed by atoms with Crippen LogP contribution in [-0.4, -0.2) is 18.9 Å².